The van der Waals surface area contributed by atoms with Crippen LogP contribution in [-0.4, -0.2) is 21.9 Å². The SMILES string of the molecule is CCn1ccc(CNC(=O)C(F)(F)F)n1. The Morgan fingerprint density at radius 1 is 1.60 bits per heavy atom. The van der Waals surface area contributed by atoms with E-state index in [1.165, 1.54) is 0 Å². The molecule has 1 aromatic heterocycles. The highest BCUT2D eigenvalue weighted by atomic mass is 19.4. The second-order valence-corrected chi connectivity index (χ2v) is 2.84. The van der Waals surface area contributed by atoms with E-state index in [1.807, 2.05) is 6.92 Å². The van der Waals surface area contributed by atoms with Crippen molar-refractivity contribution in [3.05, 3.63) is 18.0 Å². The van der Waals surface area contributed by atoms with Crippen LogP contribution >= 0.6 is 0 Å². The molecular formula is C8H10F3N3O. The van der Waals surface area contributed by atoms with E-state index in [0.717, 1.165) is 0 Å². The molecule has 1 amide bonds. The molecule has 0 aliphatic rings. The summed E-state index contributed by atoms with van der Waals surface area (Å²) in [7, 11) is 0. The van der Waals surface area contributed by atoms with Crippen molar-refractivity contribution in [3.8, 4) is 0 Å². The van der Waals surface area contributed by atoms with E-state index in [1.54, 1.807) is 22.3 Å². The maximum absolute atomic E-state index is 11.8. The molecule has 0 unspecified atom stereocenters. The molecule has 4 nitrogen and oxygen atoms in total. The number of alkyl halides is 3. The van der Waals surface area contributed by atoms with Gasteiger partial charge in [0.05, 0.1) is 12.2 Å². The van der Waals surface area contributed by atoms with Gasteiger partial charge in [0.2, 0.25) is 0 Å². The Balaban J connectivity index is 2.47. The minimum atomic E-state index is -4.84. The third-order valence-electron chi connectivity index (χ3n) is 1.71. The van der Waals surface area contributed by atoms with Crippen molar-refractivity contribution in [2.45, 2.75) is 26.2 Å². The van der Waals surface area contributed by atoms with Crippen molar-refractivity contribution in [2.24, 2.45) is 0 Å². The summed E-state index contributed by atoms with van der Waals surface area (Å²) in [4.78, 5) is 10.4. The van der Waals surface area contributed by atoms with Crippen molar-refractivity contribution in [1.29, 1.82) is 0 Å². The second kappa shape index (κ2) is 4.33. The van der Waals surface area contributed by atoms with Crippen molar-refractivity contribution in [2.75, 3.05) is 0 Å². The molecular weight excluding hydrogens is 211 g/mol. The molecule has 0 aliphatic carbocycles. The van der Waals surface area contributed by atoms with Gasteiger partial charge in [-0.05, 0) is 13.0 Å². The highest BCUT2D eigenvalue weighted by Gasteiger charge is 2.38. The Bertz CT molecular complexity index is 345. The van der Waals surface area contributed by atoms with E-state index in [4.69, 9.17) is 0 Å². The normalized spacial score (nSPS) is 11.5. The molecule has 1 N–H and O–H groups in total. The van der Waals surface area contributed by atoms with E-state index in [0.29, 0.717) is 12.2 Å². The molecule has 0 saturated heterocycles. The van der Waals surface area contributed by atoms with E-state index >= 15 is 0 Å². The van der Waals surface area contributed by atoms with Gasteiger partial charge in [-0.15, -0.1) is 0 Å². The van der Waals surface area contributed by atoms with Gasteiger partial charge >= 0.3 is 12.1 Å². The number of nitrogens with zero attached hydrogens (tertiary/aromatic N) is 2. The summed E-state index contributed by atoms with van der Waals surface area (Å²) in [6.07, 6.45) is -3.21. The number of nitrogens with one attached hydrogen (secondary N) is 1. The fourth-order valence-electron chi connectivity index (χ4n) is 0.945. The summed E-state index contributed by atoms with van der Waals surface area (Å²) in [5, 5.41) is 5.65. The second-order valence-electron chi connectivity index (χ2n) is 2.84. The molecule has 0 fully saturated rings. The molecule has 1 rings (SSSR count). The smallest absolute Gasteiger partial charge is 0.343 e. The molecule has 0 spiro atoms. The van der Waals surface area contributed by atoms with Gasteiger partial charge in [-0.2, -0.15) is 18.3 Å². The standard InChI is InChI=1S/C8H10F3N3O/c1-2-14-4-3-6(13-14)5-12-7(15)8(9,10)11/h3-4H,2,5H2,1H3,(H,12,15). The average molecular weight is 221 g/mol. The van der Waals surface area contributed by atoms with Crippen molar-refractivity contribution in [3.63, 3.8) is 0 Å². The summed E-state index contributed by atoms with van der Waals surface area (Å²) in [6, 6.07) is 1.56. The fourth-order valence-corrected chi connectivity index (χ4v) is 0.945. The van der Waals surface area contributed by atoms with Crippen LogP contribution in [0, 0.1) is 0 Å². The lowest BCUT2D eigenvalue weighted by atomic mass is 10.4. The number of carbonyl (C=O) groups excluding carboxylic acids is 1. The summed E-state index contributed by atoms with van der Waals surface area (Å²) in [5.41, 5.74) is 0.398. The Morgan fingerprint density at radius 3 is 2.73 bits per heavy atom. The van der Waals surface area contributed by atoms with Crippen LogP contribution in [0.4, 0.5) is 13.2 Å². The van der Waals surface area contributed by atoms with Crippen LogP contribution in [0.3, 0.4) is 0 Å². The van der Waals surface area contributed by atoms with Crippen LogP contribution in [0.25, 0.3) is 0 Å². The molecule has 0 aromatic carbocycles. The van der Waals surface area contributed by atoms with Crippen molar-refractivity contribution >= 4 is 5.91 Å². The highest BCUT2D eigenvalue weighted by Crippen LogP contribution is 2.14. The fraction of sp³-hybridized carbons (Fsp3) is 0.500. The van der Waals surface area contributed by atoms with Gasteiger partial charge in [0.25, 0.3) is 0 Å². The maximum Gasteiger partial charge on any atom is 0.471 e. The summed E-state index contributed by atoms with van der Waals surface area (Å²) >= 11 is 0. The predicted molar refractivity (Wildman–Crippen MR) is 45.8 cm³/mol. The van der Waals surface area contributed by atoms with Crippen molar-refractivity contribution in [1.82, 2.24) is 15.1 Å². The molecule has 0 atom stereocenters. The zero-order chi connectivity index (χ0) is 11.5. The molecule has 1 heterocycles. The van der Waals surface area contributed by atoms with Gasteiger partial charge in [0, 0.05) is 12.7 Å². The molecule has 0 aliphatic heterocycles. The van der Waals surface area contributed by atoms with Gasteiger partial charge in [-0.25, -0.2) is 0 Å². The summed E-state index contributed by atoms with van der Waals surface area (Å²) in [6.45, 7) is 2.27. The summed E-state index contributed by atoms with van der Waals surface area (Å²) < 4.78 is 36.9. The molecule has 7 heteroatoms. The average Bonchev–Trinajstić information content (AvgIpc) is 2.60. The van der Waals surface area contributed by atoms with Gasteiger partial charge in [-0.3, -0.25) is 9.48 Å². The monoisotopic (exact) mass is 221 g/mol. The Labute approximate surface area is 84.1 Å². The van der Waals surface area contributed by atoms with Crippen LogP contribution in [0.1, 0.15) is 12.6 Å². The molecule has 0 bridgehead atoms. The van der Waals surface area contributed by atoms with Gasteiger partial charge in [0.1, 0.15) is 0 Å². The first kappa shape index (κ1) is 11.5. The van der Waals surface area contributed by atoms with E-state index in [2.05, 4.69) is 5.10 Å². The molecule has 0 radical (unpaired) electrons. The van der Waals surface area contributed by atoms with Crippen LogP contribution < -0.4 is 5.32 Å². The third-order valence-corrected chi connectivity index (χ3v) is 1.71. The van der Waals surface area contributed by atoms with Gasteiger partial charge < -0.3 is 5.32 Å². The zero-order valence-electron chi connectivity index (χ0n) is 8.01. The first-order chi connectivity index (χ1) is 6.93. The number of aromatic nitrogens is 2. The summed E-state index contributed by atoms with van der Waals surface area (Å²) in [5.74, 6) is -1.95. The maximum atomic E-state index is 11.8. The number of hydrogen-bond donors (Lipinski definition) is 1. The Kier molecular flexibility index (Phi) is 3.33. The minimum Gasteiger partial charge on any atom is -0.343 e. The molecule has 84 valence electrons. The largest absolute Gasteiger partial charge is 0.471 e. The number of hydrogen-bond acceptors (Lipinski definition) is 2. The van der Waals surface area contributed by atoms with Crippen LogP contribution in [0.15, 0.2) is 12.3 Å². The number of halogens is 3. The quantitative estimate of drug-likeness (QED) is 0.830. The van der Waals surface area contributed by atoms with Crippen molar-refractivity contribution < 1.29 is 18.0 Å². The van der Waals surface area contributed by atoms with Gasteiger partial charge in [-0.1, -0.05) is 0 Å². The Morgan fingerprint density at radius 2 is 2.27 bits per heavy atom. The topological polar surface area (TPSA) is 46.9 Å². The molecule has 1 aromatic rings. The highest BCUT2D eigenvalue weighted by molar-refractivity contribution is 5.81. The van der Waals surface area contributed by atoms with E-state index in [9.17, 15) is 18.0 Å². The minimum absolute atomic E-state index is 0.217. The zero-order valence-corrected chi connectivity index (χ0v) is 8.01. The number of amides is 1. The van der Waals surface area contributed by atoms with Crippen LogP contribution in [-0.2, 0) is 17.9 Å². The van der Waals surface area contributed by atoms with Crippen LogP contribution in [0.2, 0.25) is 0 Å². The Hall–Kier alpha value is -1.53. The van der Waals surface area contributed by atoms with E-state index in [-0.39, 0.29) is 6.54 Å². The number of rotatable bonds is 3. The lowest BCUT2D eigenvalue weighted by Crippen LogP contribution is -2.36. The van der Waals surface area contributed by atoms with Gasteiger partial charge in [0.15, 0.2) is 0 Å². The first-order valence-electron chi connectivity index (χ1n) is 4.31. The molecule has 15 heavy (non-hydrogen) atoms. The third kappa shape index (κ3) is 3.26. The first-order valence-corrected chi connectivity index (χ1v) is 4.31. The lowest BCUT2D eigenvalue weighted by Gasteiger charge is -2.05. The molecule has 0 saturated carbocycles. The van der Waals surface area contributed by atoms with Crippen LogP contribution in [0.5, 0.6) is 0 Å². The number of carbonyl (C=O) groups is 1. The lowest BCUT2D eigenvalue weighted by molar-refractivity contribution is -0.173. The predicted octanol–water partition coefficient (Wildman–Crippen LogP) is 1.08. The number of aryl methyl sites for hydroxylation is 1. The van der Waals surface area contributed by atoms with E-state index < -0.39 is 12.1 Å².